The predicted molar refractivity (Wildman–Crippen MR) is 64.8 cm³/mol. The number of nitrogens with two attached hydrogens (primary N) is 1. The van der Waals surface area contributed by atoms with Crippen molar-refractivity contribution in [1.82, 2.24) is 0 Å². The van der Waals surface area contributed by atoms with Crippen LogP contribution in [0.3, 0.4) is 0 Å². The summed E-state index contributed by atoms with van der Waals surface area (Å²) in [5, 5.41) is 0. The van der Waals surface area contributed by atoms with Crippen LogP contribution in [0.4, 0.5) is 5.69 Å². The van der Waals surface area contributed by atoms with E-state index in [1.54, 1.807) is 18.2 Å². The van der Waals surface area contributed by atoms with E-state index in [0.717, 1.165) is 5.75 Å². The second-order valence-electron chi connectivity index (χ2n) is 4.52. The van der Waals surface area contributed by atoms with Gasteiger partial charge < -0.3 is 10.2 Å². The van der Waals surface area contributed by atoms with Gasteiger partial charge in [0.15, 0.2) is 5.78 Å². The number of benzene rings is 1. The average molecular weight is 223 g/mol. The number of hydrogen-bond donors (Lipinski definition) is 1. The number of rotatable bonds is 3. The molecule has 0 spiro atoms. The minimum atomic E-state index is -1.63. The Morgan fingerprint density at radius 3 is 2.40 bits per heavy atom. The fraction of sp³-hybridized carbons (Fsp3) is 0.364. The van der Waals surface area contributed by atoms with Gasteiger partial charge in [0.25, 0.3) is 0 Å². The average Bonchev–Trinajstić information content (AvgIpc) is 2.05. The second-order valence-corrected chi connectivity index (χ2v) is 8.95. The van der Waals surface area contributed by atoms with E-state index in [-0.39, 0.29) is 5.78 Å². The number of anilines is 1. The Morgan fingerprint density at radius 1 is 1.33 bits per heavy atom. The Kier molecular flexibility index (Phi) is 3.19. The van der Waals surface area contributed by atoms with E-state index < -0.39 is 8.32 Å². The molecule has 15 heavy (non-hydrogen) atoms. The quantitative estimate of drug-likeness (QED) is 0.487. The van der Waals surface area contributed by atoms with Gasteiger partial charge in [-0.15, -0.1) is 0 Å². The molecule has 0 aliphatic rings. The van der Waals surface area contributed by atoms with E-state index >= 15 is 0 Å². The minimum Gasteiger partial charge on any atom is -0.544 e. The summed E-state index contributed by atoms with van der Waals surface area (Å²) in [6.45, 7) is 7.79. The highest BCUT2D eigenvalue weighted by atomic mass is 28.4. The molecule has 0 atom stereocenters. The Labute approximate surface area is 91.4 Å². The fourth-order valence-electron chi connectivity index (χ4n) is 1.26. The van der Waals surface area contributed by atoms with Crippen LogP contribution in [0.25, 0.3) is 0 Å². The molecule has 1 rings (SSSR count). The SMILES string of the molecule is CC(=O)c1cc(O[Si](C)(C)C)ccc1N. The third kappa shape index (κ3) is 3.40. The molecule has 3 nitrogen and oxygen atoms in total. The van der Waals surface area contributed by atoms with Crippen LogP contribution in [0, 0.1) is 0 Å². The van der Waals surface area contributed by atoms with Gasteiger partial charge in [0, 0.05) is 11.3 Å². The molecule has 82 valence electrons. The van der Waals surface area contributed by atoms with Crippen molar-refractivity contribution < 1.29 is 9.22 Å². The van der Waals surface area contributed by atoms with Gasteiger partial charge in [-0.2, -0.15) is 0 Å². The zero-order valence-electron chi connectivity index (χ0n) is 9.63. The molecule has 0 aliphatic carbocycles. The maximum Gasteiger partial charge on any atom is 0.242 e. The van der Waals surface area contributed by atoms with Gasteiger partial charge in [0.1, 0.15) is 5.75 Å². The highest BCUT2D eigenvalue weighted by molar-refractivity contribution is 6.70. The summed E-state index contributed by atoms with van der Waals surface area (Å²) in [7, 11) is -1.63. The molecule has 0 unspecified atom stereocenters. The molecule has 0 amide bonds. The van der Waals surface area contributed by atoms with Gasteiger partial charge in [-0.1, -0.05) is 0 Å². The number of hydrogen-bond acceptors (Lipinski definition) is 3. The first-order valence-electron chi connectivity index (χ1n) is 4.89. The van der Waals surface area contributed by atoms with Crippen LogP contribution < -0.4 is 10.2 Å². The Balaban J connectivity index is 3.03. The van der Waals surface area contributed by atoms with E-state index in [1.807, 2.05) is 0 Å². The summed E-state index contributed by atoms with van der Waals surface area (Å²) in [5.74, 6) is 0.696. The van der Waals surface area contributed by atoms with Crippen molar-refractivity contribution in [2.24, 2.45) is 0 Å². The maximum absolute atomic E-state index is 11.3. The summed E-state index contributed by atoms with van der Waals surface area (Å²) < 4.78 is 5.78. The zero-order chi connectivity index (χ0) is 11.6. The van der Waals surface area contributed by atoms with Crippen molar-refractivity contribution in [3.05, 3.63) is 23.8 Å². The number of nitrogen functional groups attached to an aromatic ring is 1. The van der Waals surface area contributed by atoms with Crippen molar-refractivity contribution in [1.29, 1.82) is 0 Å². The summed E-state index contributed by atoms with van der Waals surface area (Å²) >= 11 is 0. The molecule has 0 heterocycles. The van der Waals surface area contributed by atoms with Crippen molar-refractivity contribution in [3.63, 3.8) is 0 Å². The summed E-state index contributed by atoms with van der Waals surface area (Å²) in [6, 6.07) is 5.24. The summed E-state index contributed by atoms with van der Waals surface area (Å²) in [5.41, 5.74) is 6.73. The first-order chi connectivity index (χ1) is 6.79. The molecule has 0 bridgehead atoms. The molecule has 1 aromatic rings. The molecule has 0 saturated heterocycles. The standard InChI is InChI=1S/C11H17NO2Si/c1-8(13)10-7-9(5-6-11(10)12)14-15(2,3)4/h5-7H,12H2,1-4H3. The van der Waals surface area contributed by atoms with Crippen molar-refractivity contribution in [3.8, 4) is 5.75 Å². The van der Waals surface area contributed by atoms with Crippen LogP contribution in [0.1, 0.15) is 17.3 Å². The van der Waals surface area contributed by atoms with E-state index in [9.17, 15) is 4.79 Å². The largest absolute Gasteiger partial charge is 0.544 e. The van der Waals surface area contributed by atoms with Crippen LogP contribution in [0.15, 0.2) is 18.2 Å². The lowest BCUT2D eigenvalue weighted by Crippen LogP contribution is -2.29. The molecule has 1 aromatic carbocycles. The van der Waals surface area contributed by atoms with Crippen LogP contribution >= 0.6 is 0 Å². The van der Waals surface area contributed by atoms with Crippen molar-refractivity contribution >= 4 is 19.8 Å². The van der Waals surface area contributed by atoms with E-state index in [4.69, 9.17) is 10.2 Å². The third-order valence-electron chi connectivity index (χ3n) is 1.83. The monoisotopic (exact) mass is 223 g/mol. The molecule has 0 aromatic heterocycles. The Morgan fingerprint density at radius 2 is 1.93 bits per heavy atom. The highest BCUT2D eigenvalue weighted by Crippen LogP contribution is 2.22. The minimum absolute atomic E-state index is 0.0338. The fourth-order valence-corrected chi connectivity index (χ4v) is 2.09. The summed E-state index contributed by atoms with van der Waals surface area (Å²) in [4.78, 5) is 11.3. The predicted octanol–water partition coefficient (Wildman–Crippen LogP) is 2.69. The lowest BCUT2D eigenvalue weighted by atomic mass is 10.1. The molecule has 0 fully saturated rings. The zero-order valence-corrected chi connectivity index (χ0v) is 10.6. The number of ketones is 1. The topological polar surface area (TPSA) is 52.3 Å². The van der Waals surface area contributed by atoms with E-state index in [1.165, 1.54) is 6.92 Å². The lowest BCUT2D eigenvalue weighted by Gasteiger charge is -2.19. The molecule has 0 saturated carbocycles. The van der Waals surface area contributed by atoms with Gasteiger partial charge >= 0.3 is 0 Å². The van der Waals surface area contributed by atoms with Gasteiger partial charge in [0.2, 0.25) is 8.32 Å². The van der Waals surface area contributed by atoms with Crippen LogP contribution in [0.2, 0.25) is 19.6 Å². The van der Waals surface area contributed by atoms with Gasteiger partial charge in [-0.3, -0.25) is 4.79 Å². The van der Waals surface area contributed by atoms with Gasteiger partial charge in [-0.05, 0) is 44.8 Å². The van der Waals surface area contributed by atoms with Gasteiger partial charge in [0.05, 0.1) is 0 Å². The number of carbonyl (C=O) groups excluding carboxylic acids is 1. The molecule has 0 aliphatic heterocycles. The Bertz CT molecular complexity index is 383. The van der Waals surface area contributed by atoms with Crippen LogP contribution in [-0.4, -0.2) is 14.1 Å². The highest BCUT2D eigenvalue weighted by Gasteiger charge is 2.17. The van der Waals surface area contributed by atoms with Gasteiger partial charge in [-0.25, -0.2) is 0 Å². The molecular formula is C11H17NO2Si. The molecular weight excluding hydrogens is 206 g/mol. The first-order valence-corrected chi connectivity index (χ1v) is 8.30. The Hall–Kier alpha value is -1.29. The van der Waals surface area contributed by atoms with Crippen molar-refractivity contribution in [2.45, 2.75) is 26.6 Å². The maximum atomic E-state index is 11.3. The van der Waals surface area contributed by atoms with Crippen LogP contribution in [0.5, 0.6) is 5.75 Å². The normalized spacial score (nSPS) is 11.2. The smallest absolute Gasteiger partial charge is 0.242 e. The number of carbonyl (C=O) groups is 1. The lowest BCUT2D eigenvalue weighted by molar-refractivity contribution is 0.101. The number of Topliss-reactive ketones (excluding diaryl/α,β-unsaturated/α-hetero) is 1. The molecule has 2 N–H and O–H groups in total. The van der Waals surface area contributed by atoms with Crippen molar-refractivity contribution in [2.75, 3.05) is 5.73 Å². The van der Waals surface area contributed by atoms with Crippen LogP contribution in [-0.2, 0) is 0 Å². The third-order valence-corrected chi connectivity index (χ3v) is 2.68. The molecule has 4 heteroatoms. The summed E-state index contributed by atoms with van der Waals surface area (Å²) in [6.07, 6.45) is 0. The van der Waals surface area contributed by atoms with E-state index in [0.29, 0.717) is 11.3 Å². The molecule has 0 radical (unpaired) electrons. The first kappa shape index (κ1) is 11.8. The van der Waals surface area contributed by atoms with E-state index in [2.05, 4.69) is 19.6 Å². The second kappa shape index (κ2) is 4.06.